The van der Waals surface area contributed by atoms with Crippen LogP contribution in [0.1, 0.15) is 38.5 Å². The number of hydrogen-bond acceptors (Lipinski definition) is 0. The number of fused-ring (bicyclic) bond motifs is 1. The van der Waals surface area contributed by atoms with Gasteiger partial charge in [0.15, 0.2) is 0 Å². The summed E-state index contributed by atoms with van der Waals surface area (Å²) in [5.41, 5.74) is 1.12. The Morgan fingerprint density at radius 1 is 0.750 bits per heavy atom. The molecule has 0 aromatic rings. The summed E-state index contributed by atoms with van der Waals surface area (Å²) in [7, 11) is 0. The van der Waals surface area contributed by atoms with E-state index in [1.54, 1.807) is 0 Å². The Labute approximate surface area is 130 Å². The molecule has 0 nitrogen and oxygen atoms in total. The summed E-state index contributed by atoms with van der Waals surface area (Å²) in [6.07, 6.45) is 8.48. The lowest BCUT2D eigenvalue weighted by atomic mass is 9.71. The summed E-state index contributed by atoms with van der Waals surface area (Å²) in [6, 6.07) is 0. The Bertz CT molecular complexity index is 345. The van der Waals surface area contributed by atoms with E-state index < -0.39 is 0 Å². The number of hydrogen-bond donors (Lipinski definition) is 0. The minimum atomic E-state index is 0.264. The van der Waals surface area contributed by atoms with Gasteiger partial charge in [-0.15, -0.1) is 0 Å². The zero-order valence-electron chi connectivity index (χ0n) is 8.91. The molecule has 4 aliphatic rings. The van der Waals surface area contributed by atoms with Crippen molar-refractivity contribution >= 4 is 63.7 Å². The van der Waals surface area contributed by atoms with Gasteiger partial charge in [0.25, 0.3) is 0 Å². The van der Waals surface area contributed by atoms with Crippen molar-refractivity contribution in [1.82, 2.24) is 0 Å². The highest BCUT2D eigenvalue weighted by Gasteiger charge is 2.90. The Morgan fingerprint density at radius 2 is 1.19 bits per heavy atom. The molecule has 16 heavy (non-hydrogen) atoms. The van der Waals surface area contributed by atoms with Crippen LogP contribution in [0.15, 0.2) is 0 Å². The number of alkyl halides is 4. The maximum atomic E-state index is 4.03. The lowest BCUT2D eigenvalue weighted by Crippen LogP contribution is -2.24. The summed E-state index contributed by atoms with van der Waals surface area (Å²) in [5.74, 6) is 1.71. The molecule has 4 atom stereocenters. The fraction of sp³-hybridized carbons (Fsp3) is 1.00. The summed E-state index contributed by atoms with van der Waals surface area (Å²) >= 11 is 15.8. The molecule has 0 N–H and O–H groups in total. The van der Waals surface area contributed by atoms with Crippen LogP contribution in [0.25, 0.3) is 0 Å². The van der Waals surface area contributed by atoms with Gasteiger partial charge in [0.1, 0.15) is 0 Å². The molecule has 4 rings (SSSR count). The first-order valence-corrected chi connectivity index (χ1v) is 9.32. The molecule has 0 heterocycles. The third-order valence-electron chi connectivity index (χ3n) is 6.01. The van der Waals surface area contributed by atoms with E-state index in [2.05, 4.69) is 63.7 Å². The Kier molecular flexibility index (Phi) is 2.18. The van der Waals surface area contributed by atoms with Gasteiger partial charge >= 0.3 is 0 Å². The van der Waals surface area contributed by atoms with Crippen molar-refractivity contribution in [3.8, 4) is 0 Å². The molecule has 0 saturated heterocycles. The van der Waals surface area contributed by atoms with Crippen LogP contribution in [0.3, 0.4) is 0 Å². The average Bonchev–Trinajstić information content (AvgIpc) is 2.93. The molecular weight excluding hydrogens is 464 g/mol. The van der Waals surface area contributed by atoms with E-state index in [1.165, 1.54) is 38.5 Å². The monoisotopic (exact) mass is 474 g/mol. The van der Waals surface area contributed by atoms with Crippen molar-refractivity contribution in [2.75, 3.05) is 0 Å². The van der Waals surface area contributed by atoms with Gasteiger partial charge in [-0.2, -0.15) is 0 Å². The Morgan fingerprint density at radius 3 is 1.62 bits per heavy atom. The molecule has 0 aliphatic heterocycles. The molecule has 4 heteroatoms. The molecular formula is C12H14Br4. The molecule has 0 aromatic carbocycles. The maximum absolute atomic E-state index is 4.03. The normalized spacial score (nSPS) is 59.2. The standard InChI is InChI=1S/C12H14Br4/c13-11(14)7-5-9-3-1-2-4-10(9,6-8(7)11)12(9,15)16/h7-8H,1-6H2/t7-,8+,9-,10+. The van der Waals surface area contributed by atoms with Crippen molar-refractivity contribution < 1.29 is 0 Å². The fourth-order valence-electron chi connectivity index (χ4n) is 5.01. The fourth-order valence-corrected chi connectivity index (χ4v) is 9.43. The molecule has 4 saturated carbocycles. The van der Waals surface area contributed by atoms with E-state index in [4.69, 9.17) is 0 Å². The molecule has 0 radical (unpaired) electrons. The van der Waals surface area contributed by atoms with Gasteiger partial charge in [0.2, 0.25) is 0 Å². The molecule has 90 valence electrons. The van der Waals surface area contributed by atoms with Crippen LogP contribution in [-0.4, -0.2) is 6.47 Å². The quantitative estimate of drug-likeness (QED) is 0.401. The molecule has 0 unspecified atom stereocenters. The molecule has 4 fully saturated rings. The Hall–Kier alpha value is 1.92. The lowest BCUT2D eigenvalue weighted by molar-refractivity contribution is 0.164. The van der Waals surface area contributed by atoms with Gasteiger partial charge in [-0.3, -0.25) is 0 Å². The van der Waals surface area contributed by atoms with E-state index in [1.807, 2.05) is 0 Å². The zero-order valence-corrected chi connectivity index (χ0v) is 15.3. The van der Waals surface area contributed by atoms with Crippen molar-refractivity contribution in [3.63, 3.8) is 0 Å². The number of halogens is 4. The first kappa shape index (κ1) is 11.7. The predicted octanol–water partition coefficient (Wildman–Crippen LogP) is 5.56. The van der Waals surface area contributed by atoms with Gasteiger partial charge in [-0.1, -0.05) is 76.6 Å². The molecule has 0 bridgehead atoms. The Balaban J connectivity index is 1.76. The largest absolute Gasteiger partial charge is 0.0929 e. The predicted molar refractivity (Wildman–Crippen MR) is 80.7 cm³/mol. The topological polar surface area (TPSA) is 0 Å². The molecule has 0 spiro atoms. The van der Waals surface area contributed by atoms with Gasteiger partial charge in [0, 0.05) is 10.8 Å². The SMILES string of the molecule is BrC1(Br)[C@@H]2C[C@]34CCCC[C@@]3(C[C@@H]21)C4(Br)Br. The van der Waals surface area contributed by atoms with E-state index in [-0.39, 0.29) is 6.47 Å². The van der Waals surface area contributed by atoms with Crippen LogP contribution in [0, 0.1) is 22.7 Å². The molecule has 0 aromatic heterocycles. The van der Waals surface area contributed by atoms with Gasteiger partial charge < -0.3 is 0 Å². The molecule has 4 aliphatic carbocycles. The van der Waals surface area contributed by atoms with Crippen molar-refractivity contribution in [1.29, 1.82) is 0 Å². The number of rotatable bonds is 0. The van der Waals surface area contributed by atoms with Crippen molar-refractivity contribution in [2.24, 2.45) is 22.7 Å². The lowest BCUT2D eigenvalue weighted by Gasteiger charge is -2.32. The highest BCUT2D eigenvalue weighted by molar-refractivity contribution is 9.26. The van der Waals surface area contributed by atoms with Gasteiger partial charge in [-0.25, -0.2) is 0 Å². The first-order chi connectivity index (χ1) is 7.39. The van der Waals surface area contributed by atoms with Crippen LogP contribution in [-0.2, 0) is 0 Å². The average molecular weight is 478 g/mol. The van der Waals surface area contributed by atoms with E-state index in [0.717, 1.165) is 11.8 Å². The van der Waals surface area contributed by atoms with E-state index >= 15 is 0 Å². The zero-order chi connectivity index (χ0) is 11.4. The summed E-state index contributed by atoms with van der Waals surface area (Å²) < 4.78 is 0.549. The van der Waals surface area contributed by atoms with Gasteiger partial charge in [0.05, 0.1) is 6.47 Å². The van der Waals surface area contributed by atoms with Crippen LogP contribution < -0.4 is 0 Å². The minimum Gasteiger partial charge on any atom is -0.0721 e. The highest BCUT2D eigenvalue weighted by Crippen LogP contribution is 2.94. The van der Waals surface area contributed by atoms with Crippen LogP contribution in [0.5, 0.6) is 0 Å². The third-order valence-corrected chi connectivity index (χ3v) is 11.4. The second kappa shape index (κ2) is 2.98. The second-order valence-corrected chi connectivity index (χ2v) is 13.4. The minimum absolute atomic E-state index is 0.264. The van der Waals surface area contributed by atoms with Crippen LogP contribution in [0.2, 0.25) is 0 Å². The second-order valence-electron chi connectivity index (χ2n) is 6.24. The van der Waals surface area contributed by atoms with Crippen molar-refractivity contribution in [3.05, 3.63) is 0 Å². The van der Waals surface area contributed by atoms with Crippen LogP contribution in [0.4, 0.5) is 0 Å². The maximum Gasteiger partial charge on any atom is 0.0929 e. The first-order valence-electron chi connectivity index (χ1n) is 6.15. The summed E-state index contributed by atoms with van der Waals surface area (Å²) in [4.78, 5) is 0. The molecule has 0 amide bonds. The van der Waals surface area contributed by atoms with Crippen LogP contribution >= 0.6 is 63.7 Å². The smallest absolute Gasteiger partial charge is 0.0721 e. The van der Waals surface area contributed by atoms with E-state index in [0.29, 0.717) is 10.8 Å². The summed E-state index contributed by atoms with van der Waals surface area (Å²) in [5, 5.41) is 0. The van der Waals surface area contributed by atoms with Gasteiger partial charge in [-0.05, 0) is 37.5 Å². The van der Waals surface area contributed by atoms with Crippen molar-refractivity contribution in [2.45, 2.75) is 45.0 Å². The summed E-state index contributed by atoms with van der Waals surface area (Å²) in [6.45, 7) is 0. The van der Waals surface area contributed by atoms with E-state index in [9.17, 15) is 0 Å². The third kappa shape index (κ3) is 0.987. The highest BCUT2D eigenvalue weighted by atomic mass is 79.9.